The van der Waals surface area contributed by atoms with Crippen LogP contribution in [0.3, 0.4) is 0 Å². The molecule has 2 rings (SSSR count). The minimum Gasteiger partial charge on any atom is -0.497 e. The molecule has 0 aliphatic heterocycles. The Labute approximate surface area is 95.2 Å². The van der Waals surface area contributed by atoms with Crippen LogP contribution >= 0.6 is 0 Å². The van der Waals surface area contributed by atoms with Crippen molar-refractivity contribution >= 4 is 10.8 Å². The second-order valence-corrected chi connectivity index (χ2v) is 3.86. The number of ether oxygens (including phenoxy) is 1. The molecule has 2 aromatic carbocycles. The molecule has 0 spiro atoms. The molecule has 0 saturated carbocycles. The fourth-order valence-electron chi connectivity index (χ4n) is 1.73. The Kier molecular flexibility index (Phi) is 3.08. The van der Waals surface area contributed by atoms with Crippen molar-refractivity contribution in [2.45, 2.75) is 13.0 Å². The van der Waals surface area contributed by atoms with Crippen LogP contribution in [-0.4, -0.2) is 7.11 Å². The molecule has 3 nitrogen and oxygen atoms in total. The highest BCUT2D eigenvalue weighted by Gasteiger charge is 2.04. The Morgan fingerprint density at radius 2 is 1.81 bits per heavy atom. The molecule has 0 amide bonds. The van der Waals surface area contributed by atoms with Crippen molar-refractivity contribution in [1.82, 2.24) is 5.43 Å². The summed E-state index contributed by atoms with van der Waals surface area (Å²) in [5.74, 6) is 6.30. The van der Waals surface area contributed by atoms with Gasteiger partial charge in [-0.3, -0.25) is 11.3 Å². The average molecular weight is 216 g/mol. The maximum atomic E-state index is 5.42. The van der Waals surface area contributed by atoms with E-state index in [1.54, 1.807) is 7.11 Å². The summed E-state index contributed by atoms with van der Waals surface area (Å²) >= 11 is 0. The summed E-state index contributed by atoms with van der Waals surface area (Å²) in [6.45, 7) is 2.03. The van der Waals surface area contributed by atoms with Crippen LogP contribution < -0.4 is 16.0 Å². The van der Waals surface area contributed by atoms with E-state index < -0.39 is 0 Å². The Bertz CT molecular complexity index is 496. The molecule has 0 aromatic heterocycles. The Hall–Kier alpha value is -1.58. The second kappa shape index (κ2) is 4.51. The first kappa shape index (κ1) is 10.9. The van der Waals surface area contributed by atoms with Crippen molar-refractivity contribution in [3.05, 3.63) is 42.0 Å². The van der Waals surface area contributed by atoms with Gasteiger partial charge in [0, 0.05) is 6.04 Å². The predicted octanol–water partition coefficient (Wildman–Crippen LogP) is 2.37. The number of methoxy groups -OCH3 is 1. The van der Waals surface area contributed by atoms with E-state index in [-0.39, 0.29) is 6.04 Å². The first-order valence-electron chi connectivity index (χ1n) is 5.28. The summed E-state index contributed by atoms with van der Waals surface area (Å²) in [7, 11) is 1.68. The van der Waals surface area contributed by atoms with Gasteiger partial charge in [0.05, 0.1) is 7.11 Å². The number of rotatable bonds is 3. The molecule has 0 saturated heterocycles. The minimum absolute atomic E-state index is 0.159. The maximum Gasteiger partial charge on any atom is 0.119 e. The van der Waals surface area contributed by atoms with E-state index in [4.69, 9.17) is 10.6 Å². The SMILES string of the molecule is COc1ccc2cc(C(C)NN)ccc2c1. The highest BCUT2D eigenvalue weighted by Crippen LogP contribution is 2.23. The summed E-state index contributed by atoms with van der Waals surface area (Å²) in [5.41, 5.74) is 3.92. The Morgan fingerprint density at radius 3 is 2.50 bits per heavy atom. The molecule has 0 aliphatic rings. The van der Waals surface area contributed by atoms with Gasteiger partial charge in [-0.2, -0.15) is 0 Å². The molecular formula is C13H16N2O. The third kappa shape index (κ3) is 2.01. The largest absolute Gasteiger partial charge is 0.497 e. The van der Waals surface area contributed by atoms with Crippen LogP contribution in [0, 0.1) is 0 Å². The number of hydrazine groups is 1. The number of benzene rings is 2. The number of fused-ring (bicyclic) bond motifs is 1. The van der Waals surface area contributed by atoms with Gasteiger partial charge in [-0.05, 0) is 41.5 Å². The summed E-state index contributed by atoms with van der Waals surface area (Å²) in [5, 5.41) is 2.37. The van der Waals surface area contributed by atoms with Crippen molar-refractivity contribution in [3.63, 3.8) is 0 Å². The van der Waals surface area contributed by atoms with Crippen LogP contribution in [0.1, 0.15) is 18.5 Å². The van der Waals surface area contributed by atoms with Crippen LogP contribution in [-0.2, 0) is 0 Å². The molecule has 3 heteroatoms. The van der Waals surface area contributed by atoms with Crippen molar-refractivity contribution < 1.29 is 4.74 Å². The van der Waals surface area contributed by atoms with Gasteiger partial charge in [-0.25, -0.2) is 0 Å². The van der Waals surface area contributed by atoms with Gasteiger partial charge in [0.15, 0.2) is 0 Å². The molecule has 2 aromatic rings. The molecule has 0 aliphatic carbocycles. The van der Waals surface area contributed by atoms with Gasteiger partial charge < -0.3 is 4.74 Å². The molecular weight excluding hydrogens is 200 g/mol. The highest BCUT2D eigenvalue weighted by atomic mass is 16.5. The Morgan fingerprint density at radius 1 is 1.12 bits per heavy atom. The molecule has 1 unspecified atom stereocenters. The monoisotopic (exact) mass is 216 g/mol. The van der Waals surface area contributed by atoms with Crippen LogP contribution in [0.25, 0.3) is 10.8 Å². The third-order valence-corrected chi connectivity index (χ3v) is 2.82. The van der Waals surface area contributed by atoms with E-state index in [2.05, 4.69) is 29.7 Å². The lowest BCUT2D eigenvalue weighted by atomic mass is 10.0. The number of hydrogen-bond acceptors (Lipinski definition) is 3. The van der Waals surface area contributed by atoms with Gasteiger partial charge in [0.25, 0.3) is 0 Å². The van der Waals surface area contributed by atoms with Crippen molar-refractivity contribution in [1.29, 1.82) is 0 Å². The van der Waals surface area contributed by atoms with Crippen molar-refractivity contribution in [2.75, 3.05) is 7.11 Å². The zero-order valence-electron chi connectivity index (χ0n) is 9.53. The van der Waals surface area contributed by atoms with Gasteiger partial charge in [0.1, 0.15) is 5.75 Å². The van der Waals surface area contributed by atoms with E-state index in [0.29, 0.717) is 0 Å². The fraction of sp³-hybridized carbons (Fsp3) is 0.231. The molecule has 84 valence electrons. The predicted molar refractivity (Wildman–Crippen MR) is 66.2 cm³/mol. The lowest BCUT2D eigenvalue weighted by Gasteiger charge is -2.11. The lowest BCUT2D eigenvalue weighted by molar-refractivity contribution is 0.415. The number of nitrogens with two attached hydrogens (primary N) is 1. The first-order chi connectivity index (χ1) is 7.74. The van der Waals surface area contributed by atoms with Crippen LogP contribution in [0.4, 0.5) is 0 Å². The Balaban J connectivity index is 2.47. The van der Waals surface area contributed by atoms with E-state index in [0.717, 1.165) is 5.75 Å². The standard InChI is InChI=1S/C13H16N2O/c1-9(15-14)10-3-4-12-8-13(16-2)6-5-11(12)7-10/h3-9,15H,14H2,1-2H3. The zero-order chi connectivity index (χ0) is 11.5. The summed E-state index contributed by atoms with van der Waals surface area (Å²) < 4.78 is 5.19. The second-order valence-electron chi connectivity index (χ2n) is 3.86. The van der Waals surface area contributed by atoms with Crippen molar-refractivity contribution in [2.24, 2.45) is 5.84 Å². The average Bonchev–Trinajstić information content (AvgIpc) is 2.36. The number of nitrogens with one attached hydrogen (secondary N) is 1. The van der Waals surface area contributed by atoms with Gasteiger partial charge in [-0.1, -0.05) is 18.2 Å². The molecule has 1 atom stereocenters. The third-order valence-electron chi connectivity index (χ3n) is 2.82. The summed E-state index contributed by atoms with van der Waals surface area (Å²) in [6, 6.07) is 12.5. The van der Waals surface area contributed by atoms with Crippen LogP contribution in [0.2, 0.25) is 0 Å². The van der Waals surface area contributed by atoms with Gasteiger partial charge in [0.2, 0.25) is 0 Å². The van der Waals surface area contributed by atoms with Gasteiger partial charge >= 0.3 is 0 Å². The van der Waals surface area contributed by atoms with E-state index in [1.807, 2.05) is 19.1 Å². The molecule has 0 radical (unpaired) electrons. The topological polar surface area (TPSA) is 47.3 Å². The smallest absolute Gasteiger partial charge is 0.119 e. The van der Waals surface area contributed by atoms with Crippen LogP contribution in [0.5, 0.6) is 5.75 Å². The molecule has 3 N–H and O–H groups in total. The minimum atomic E-state index is 0.159. The normalized spacial score (nSPS) is 12.7. The molecule has 0 heterocycles. The highest BCUT2D eigenvalue weighted by molar-refractivity contribution is 5.84. The first-order valence-corrected chi connectivity index (χ1v) is 5.28. The van der Waals surface area contributed by atoms with Gasteiger partial charge in [-0.15, -0.1) is 0 Å². The van der Waals surface area contributed by atoms with Crippen LogP contribution in [0.15, 0.2) is 36.4 Å². The summed E-state index contributed by atoms with van der Waals surface area (Å²) in [4.78, 5) is 0. The maximum absolute atomic E-state index is 5.42. The van der Waals surface area contributed by atoms with E-state index in [1.165, 1.54) is 16.3 Å². The molecule has 16 heavy (non-hydrogen) atoms. The lowest BCUT2D eigenvalue weighted by Crippen LogP contribution is -2.25. The fourth-order valence-corrected chi connectivity index (χ4v) is 1.73. The van der Waals surface area contributed by atoms with E-state index >= 15 is 0 Å². The van der Waals surface area contributed by atoms with Crippen molar-refractivity contribution in [3.8, 4) is 5.75 Å². The molecule has 0 fully saturated rings. The quantitative estimate of drug-likeness (QED) is 0.611. The summed E-state index contributed by atoms with van der Waals surface area (Å²) in [6.07, 6.45) is 0. The van der Waals surface area contributed by atoms with E-state index in [9.17, 15) is 0 Å². The zero-order valence-corrected chi connectivity index (χ0v) is 9.53. The number of hydrogen-bond donors (Lipinski definition) is 2. The molecule has 0 bridgehead atoms.